The summed E-state index contributed by atoms with van der Waals surface area (Å²) in [5, 5.41) is 33.6. The molecule has 0 amide bonds. The van der Waals surface area contributed by atoms with E-state index < -0.39 is 44.4 Å². The Bertz CT molecular complexity index is 2460. The number of methoxy groups -OCH3 is 1. The predicted molar refractivity (Wildman–Crippen MR) is 233 cm³/mol. The molecule has 0 saturated carbocycles. The number of nitrogens with zero attached hydrogens (tertiary/aromatic N) is 12. The van der Waals surface area contributed by atoms with Gasteiger partial charge in [0.1, 0.15) is 11.5 Å². The van der Waals surface area contributed by atoms with Gasteiger partial charge >= 0.3 is 17.3 Å². The first-order valence-corrected chi connectivity index (χ1v) is 20.3. The van der Waals surface area contributed by atoms with Gasteiger partial charge in [-0.2, -0.15) is 10.0 Å². The van der Waals surface area contributed by atoms with Crippen LogP contribution in [0.3, 0.4) is 0 Å². The molecule has 0 atom stereocenters. The summed E-state index contributed by atoms with van der Waals surface area (Å²) in [6.07, 6.45) is -0.0337. The number of hydrogen-bond acceptors (Lipinski definition) is 20. The van der Waals surface area contributed by atoms with E-state index in [0.717, 1.165) is 63.7 Å². The van der Waals surface area contributed by atoms with Gasteiger partial charge in [-0.25, -0.2) is 24.7 Å². The lowest BCUT2D eigenvalue weighted by Crippen LogP contribution is -2.44. The number of nitrogens with one attached hydrogen (secondary N) is 2. The van der Waals surface area contributed by atoms with Crippen molar-refractivity contribution in [1.29, 1.82) is 0 Å². The van der Waals surface area contributed by atoms with Crippen LogP contribution in [0, 0.1) is 20.2 Å². The quantitative estimate of drug-likeness (QED) is 0.105. The minimum Gasteiger partial charge on any atom is -0.464 e. The second kappa shape index (κ2) is 18.9. The van der Waals surface area contributed by atoms with Crippen LogP contribution < -0.4 is 25.5 Å². The number of piperazine rings is 2. The topological polar surface area (TPSA) is 236 Å². The number of aromatic nitrogens is 5. The lowest BCUT2D eigenvalue weighted by atomic mass is 10.1. The number of likely N-dealkylation sites (N-methyl/N-ethyl adjacent to an activating group) is 2. The van der Waals surface area contributed by atoms with E-state index in [1.54, 1.807) is 0 Å². The third-order valence-electron chi connectivity index (χ3n) is 10.9. The number of benzene rings is 2. The van der Waals surface area contributed by atoms with E-state index in [2.05, 4.69) is 69.2 Å². The van der Waals surface area contributed by atoms with Crippen LogP contribution in [0.5, 0.6) is 0 Å². The maximum absolute atomic E-state index is 13.2. The van der Waals surface area contributed by atoms with E-state index in [-0.39, 0.29) is 55.3 Å². The molecule has 0 spiro atoms. The van der Waals surface area contributed by atoms with Crippen LogP contribution in [0.4, 0.5) is 57.7 Å². The molecule has 2 N–H and O–H groups in total. The highest BCUT2D eigenvalue weighted by atomic mass is 16.7. The van der Waals surface area contributed by atoms with Gasteiger partial charge in [0.15, 0.2) is 17.1 Å². The van der Waals surface area contributed by atoms with Gasteiger partial charge in [0.05, 0.1) is 42.5 Å². The fourth-order valence-corrected chi connectivity index (χ4v) is 7.41. The molecule has 3 aliphatic rings. The Labute approximate surface area is 361 Å². The molecule has 22 nitrogen and oxygen atoms in total. The lowest BCUT2D eigenvalue weighted by molar-refractivity contribution is -0.387. The van der Waals surface area contributed by atoms with E-state index in [9.17, 15) is 25.0 Å². The van der Waals surface area contributed by atoms with Gasteiger partial charge in [0.2, 0.25) is 11.8 Å². The molecule has 22 heteroatoms. The summed E-state index contributed by atoms with van der Waals surface area (Å²) in [5.41, 5.74) is 0.541. The number of anilines is 8. The fourth-order valence-electron chi connectivity index (χ4n) is 7.41. The first kappa shape index (κ1) is 42.5. The molecule has 3 aliphatic heterocycles. The Kier molecular flexibility index (Phi) is 12.7. The second-order valence-electron chi connectivity index (χ2n) is 15.1. The highest BCUT2D eigenvalue weighted by Gasteiger charge is 2.36. The maximum Gasteiger partial charge on any atom is 0.356 e. The summed E-state index contributed by atoms with van der Waals surface area (Å²) in [6, 6.07) is 19.4. The zero-order valence-corrected chi connectivity index (χ0v) is 35.0. The van der Waals surface area contributed by atoms with Gasteiger partial charge in [-0.15, -0.1) is 0 Å². The second-order valence-corrected chi connectivity index (χ2v) is 15.1. The van der Waals surface area contributed by atoms with Crippen LogP contribution in [-0.4, -0.2) is 144 Å². The minimum absolute atomic E-state index is 0.00872. The molecule has 2 aromatic carbocycles. The number of hydrogen-bond donors (Lipinski definition) is 2. The van der Waals surface area contributed by atoms with Crippen LogP contribution in [0.25, 0.3) is 11.4 Å². The normalized spacial score (nSPS) is 16.3. The van der Waals surface area contributed by atoms with Crippen molar-refractivity contribution in [2.45, 2.75) is 6.42 Å². The highest BCUT2D eigenvalue weighted by Crippen LogP contribution is 2.42. The molecular weight excluding hydrogens is 817 g/mol. The Morgan fingerprint density at radius 1 is 0.683 bits per heavy atom. The van der Waals surface area contributed by atoms with E-state index in [1.807, 2.05) is 48.5 Å². The van der Waals surface area contributed by atoms with Crippen LogP contribution in [0.2, 0.25) is 0 Å². The van der Waals surface area contributed by atoms with E-state index in [0.29, 0.717) is 11.4 Å². The molecule has 2 saturated heterocycles. The third-order valence-corrected chi connectivity index (χ3v) is 10.9. The first-order chi connectivity index (χ1) is 30.5. The molecule has 2 bridgehead atoms. The third kappa shape index (κ3) is 9.68. The van der Waals surface area contributed by atoms with Gasteiger partial charge in [0, 0.05) is 75.8 Å². The Morgan fingerprint density at radius 2 is 1.29 bits per heavy atom. The van der Waals surface area contributed by atoms with Crippen molar-refractivity contribution in [2.75, 3.05) is 119 Å². The van der Waals surface area contributed by atoms with Gasteiger partial charge in [0.25, 0.3) is 5.95 Å². The number of esters is 1. The predicted octanol–water partition coefficient (Wildman–Crippen LogP) is 4.56. The molecule has 0 aliphatic carbocycles. The maximum atomic E-state index is 13.2. The molecule has 5 aromatic rings. The zero-order valence-electron chi connectivity index (χ0n) is 35.0. The van der Waals surface area contributed by atoms with Crippen molar-refractivity contribution in [3.63, 3.8) is 0 Å². The average Bonchev–Trinajstić information content (AvgIpc) is 3.29. The molecule has 8 rings (SSSR count). The van der Waals surface area contributed by atoms with Gasteiger partial charge in [-0.1, -0.05) is 6.07 Å². The number of rotatable bonds is 11. The van der Waals surface area contributed by atoms with E-state index >= 15 is 0 Å². The number of nitro groups is 2. The average molecular weight is 863 g/mol. The molecule has 0 radical (unpaired) electrons. The van der Waals surface area contributed by atoms with Crippen molar-refractivity contribution >= 4 is 63.6 Å². The number of ether oxygens (including phenoxy) is 2. The highest BCUT2D eigenvalue weighted by molar-refractivity contribution is 5.88. The van der Waals surface area contributed by atoms with Crippen molar-refractivity contribution in [1.82, 2.24) is 34.7 Å². The largest absolute Gasteiger partial charge is 0.464 e. The summed E-state index contributed by atoms with van der Waals surface area (Å²) in [7, 11) is 5.37. The molecule has 63 heavy (non-hydrogen) atoms. The molecule has 0 unspecified atom stereocenters. The van der Waals surface area contributed by atoms with Crippen molar-refractivity contribution < 1.29 is 29.0 Å². The van der Waals surface area contributed by atoms with Gasteiger partial charge in [-0.3, -0.25) is 25.1 Å². The number of pyridine rings is 1. The standard InChI is InChI=1S/C41H46N14O8/c1-49-16-20-51(21-17-49)28-9-7-27(8-10-28)42-40-46-35(37(55(59)60)38(48-40)45-33-6-4-5-32(43-33)39(56)61-3)34-36(54(57)58)31-15-24-62-25-26-63-53(41(44-31)47-34)30-13-11-29(12-14-30)52-22-18-50(2)19-23-52/h4-14H,15-26H2,1-3H3,(H2,42,43,45,46,48). The molecule has 328 valence electrons. The summed E-state index contributed by atoms with van der Waals surface area (Å²) in [5.74, 6) is -1.44. The Balaban J connectivity index is 1.25. The number of fused-ring (bicyclic) bond motifs is 2. The number of carbonyl (C=O) groups excluding carboxylic acids is 1. The fraction of sp³-hybridized carbons (Fsp3) is 0.366. The monoisotopic (exact) mass is 862 g/mol. The van der Waals surface area contributed by atoms with E-state index in [1.165, 1.54) is 30.4 Å². The lowest BCUT2D eigenvalue weighted by Gasteiger charge is -2.34. The minimum atomic E-state index is -0.765. The first-order valence-electron chi connectivity index (χ1n) is 20.3. The molecule has 6 heterocycles. The van der Waals surface area contributed by atoms with Crippen molar-refractivity contribution in [2.24, 2.45) is 0 Å². The van der Waals surface area contributed by atoms with Gasteiger partial charge < -0.3 is 39.7 Å². The Hall–Kier alpha value is -7.14. The van der Waals surface area contributed by atoms with Crippen LogP contribution >= 0.6 is 0 Å². The summed E-state index contributed by atoms with van der Waals surface area (Å²) in [6.45, 7) is 7.39. The molecule has 2 fully saturated rings. The molecular formula is C41H46N14O8. The Morgan fingerprint density at radius 3 is 1.90 bits per heavy atom. The smallest absolute Gasteiger partial charge is 0.356 e. The van der Waals surface area contributed by atoms with Crippen LogP contribution in [0.15, 0.2) is 66.7 Å². The van der Waals surface area contributed by atoms with Crippen molar-refractivity contribution in [3.8, 4) is 11.4 Å². The zero-order chi connectivity index (χ0) is 44.0. The van der Waals surface area contributed by atoms with Crippen LogP contribution in [0.1, 0.15) is 16.2 Å². The SMILES string of the molecule is COC(=O)c1cccc(Nc2nc(Nc3ccc(N4CCN(C)CC4)cc3)nc(-c3nc4nc(c3[N+](=O)[O-])CCOCCON4c3ccc(N4CCN(C)CC4)cc3)c2[N+](=O)[O-])n1. The summed E-state index contributed by atoms with van der Waals surface area (Å²) in [4.78, 5) is 75.1. The molecule has 3 aromatic heterocycles. The number of carbonyl (C=O) groups is 1. The summed E-state index contributed by atoms with van der Waals surface area (Å²) >= 11 is 0. The summed E-state index contributed by atoms with van der Waals surface area (Å²) < 4.78 is 10.6. The van der Waals surface area contributed by atoms with Crippen molar-refractivity contribution in [3.05, 3.63) is 98.3 Å². The van der Waals surface area contributed by atoms with Crippen LogP contribution in [-0.2, 0) is 20.7 Å². The van der Waals surface area contributed by atoms with E-state index in [4.69, 9.17) is 14.3 Å². The van der Waals surface area contributed by atoms with Gasteiger partial charge in [-0.05, 0) is 74.8 Å².